The first-order valence-corrected chi connectivity index (χ1v) is 4.31. The molecule has 0 saturated heterocycles. The second-order valence-electron chi connectivity index (χ2n) is 1.92. The number of anilines is 1. The monoisotopic (exact) mass is 222 g/mol. The van der Waals surface area contributed by atoms with Gasteiger partial charge in [0.2, 0.25) is 0 Å². The molecule has 13 heavy (non-hydrogen) atoms. The summed E-state index contributed by atoms with van der Waals surface area (Å²) in [7, 11) is 0. The number of nitro groups is 1. The van der Waals surface area contributed by atoms with E-state index < -0.39 is 4.92 Å². The van der Waals surface area contributed by atoms with Crippen molar-refractivity contribution in [1.82, 2.24) is 0 Å². The van der Waals surface area contributed by atoms with Crippen LogP contribution in [0.25, 0.3) is 0 Å². The van der Waals surface area contributed by atoms with E-state index in [9.17, 15) is 10.1 Å². The summed E-state index contributed by atoms with van der Waals surface area (Å²) in [6.45, 7) is 0. The van der Waals surface area contributed by atoms with Gasteiger partial charge in [-0.3, -0.25) is 10.1 Å². The highest BCUT2D eigenvalue weighted by Gasteiger charge is 2.07. The highest BCUT2D eigenvalue weighted by atomic mass is 35.5. The van der Waals surface area contributed by atoms with Gasteiger partial charge in [-0.25, -0.2) is 0 Å². The summed E-state index contributed by atoms with van der Waals surface area (Å²) in [6, 6.07) is 6.10. The Kier molecular flexibility index (Phi) is 6.01. The third-order valence-corrected chi connectivity index (χ3v) is 1.13. The zero-order valence-electron chi connectivity index (χ0n) is 6.61. The highest BCUT2D eigenvalue weighted by Crippen LogP contribution is 2.18. The number of hydrogen-bond donors (Lipinski definition) is 1. The van der Waals surface area contributed by atoms with Gasteiger partial charge in [-0.2, -0.15) is 0 Å². The SMILES string of the molecule is ClCCl.Nc1ccccc1[N+](=O)[O-]. The number of hydrogen-bond acceptors (Lipinski definition) is 3. The largest absolute Gasteiger partial charge is 0.393 e. The molecular weight excluding hydrogens is 215 g/mol. The van der Waals surface area contributed by atoms with Crippen LogP contribution in [0.5, 0.6) is 0 Å². The van der Waals surface area contributed by atoms with E-state index in [1.165, 1.54) is 12.1 Å². The average Bonchev–Trinajstić information content (AvgIpc) is 2.06. The van der Waals surface area contributed by atoms with E-state index in [-0.39, 0.29) is 16.7 Å². The molecule has 0 saturated carbocycles. The zero-order valence-corrected chi connectivity index (χ0v) is 8.13. The number of nitrogen functional groups attached to an aromatic ring is 1. The second kappa shape index (κ2) is 6.51. The number of nitrogens with zero attached hydrogens (tertiary/aromatic N) is 1. The third-order valence-electron chi connectivity index (χ3n) is 1.13. The molecule has 0 amide bonds. The Labute approximate surface area is 85.4 Å². The molecule has 2 N–H and O–H groups in total. The van der Waals surface area contributed by atoms with Gasteiger partial charge in [0, 0.05) is 6.07 Å². The van der Waals surface area contributed by atoms with Crippen molar-refractivity contribution >= 4 is 34.6 Å². The van der Waals surface area contributed by atoms with Crippen molar-refractivity contribution < 1.29 is 4.92 Å². The molecule has 1 rings (SSSR count). The fraction of sp³-hybridized carbons (Fsp3) is 0.143. The molecule has 4 nitrogen and oxygen atoms in total. The molecule has 0 radical (unpaired) electrons. The molecule has 0 aliphatic carbocycles. The molecule has 0 spiro atoms. The number of para-hydroxylation sites is 2. The molecule has 0 aromatic heterocycles. The minimum Gasteiger partial charge on any atom is -0.393 e. The summed E-state index contributed by atoms with van der Waals surface area (Å²) in [5.74, 6) is 0. The van der Waals surface area contributed by atoms with Crippen LogP contribution in [-0.2, 0) is 0 Å². The van der Waals surface area contributed by atoms with E-state index in [4.69, 9.17) is 28.9 Å². The van der Waals surface area contributed by atoms with Crippen LogP contribution in [0.4, 0.5) is 11.4 Å². The predicted octanol–water partition coefficient (Wildman–Crippen LogP) is 2.60. The van der Waals surface area contributed by atoms with Crippen molar-refractivity contribution in [3.05, 3.63) is 34.4 Å². The van der Waals surface area contributed by atoms with Crippen molar-refractivity contribution in [2.75, 3.05) is 11.1 Å². The van der Waals surface area contributed by atoms with Crippen LogP contribution in [0, 0.1) is 10.1 Å². The van der Waals surface area contributed by atoms with Gasteiger partial charge in [0.25, 0.3) is 5.69 Å². The van der Waals surface area contributed by atoms with E-state index in [2.05, 4.69) is 0 Å². The van der Waals surface area contributed by atoms with Crippen LogP contribution in [-0.4, -0.2) is 10.3 Å². The molecule has 0 bridgehead atoms. The Bertz CT molecular complexity index is 281. The summed E-state index contributed by atoms with van der Waals surface area (Å²) in [5.41, 5.74) is 5.44. The van der Waals surface area contributed by atoms with Crippen LogP contribution in [0.1, 0.15) is 0 Å². The van der Waals surface area contributed by atoms with Crippen molar-refractivity contribution in [3.63, 3.8) is 0 Å². The molecule has 0 atom stereocenters. The van der Waals surface area contributed by atoms with E-state index in [1.54, 1.807) is 12.1 Å². The second-order valence-corrected chi connectivity index (χ2v) is 2.73. The van der Waals surface area contributed by atoms with Gasteiger partial charge in [0.15, 0.2) is 0 Å². The van der Waals surface area contributed by atoms with Crippen LogP contribution in [0.2, 0.25) is 0 Å². The lowest BCUT2D eigenvalue weighted by Gasteiger charge is -1.92. The molecular formula is C7H8Cl2N2O2. The van der Waals surface area contributed by atoms with Crippen molar-refractivity contribution in [2.45, 2.75) is 0 Å². The first kappa shape index (κ1) is 12.0. The maximum atomic E-state index is 10.1. The van der Waals surface area contributed by atoms with Gasteiger partial charge < -0.3 is 5.73 Å². The lowest BCUT2D eigenvalue weighted by atomic mass is 10.3. The van der Waals surface area contributed by atoms with Gasteiger partial charge in [-0.15, -0.1) is 23.2 Å². The maximum absolute atomic E-state index is 10.1. The number of benzene rings is 1. The van der Waals surface area contributed by atoms with Gasteiger partial charge in [-0.05, 0) is 6.07 Å². The number of rotatable bonds is 1. The van der Waals surface area contributed by atoms with Gasteiger partial charge in [0.05, 0.1) is 10.3 Å². The minimum absolute atomic E-state index is 0.0394. The summed E-state index contributed by atoms with van der Waals surface area (Å²) >= 11 is 9.53. The zero-order chi connectivity index (χ0) is 10.3. The van der Waals surface area contributed by atoms with E-state index in [1.807, 2.05) is 0 Å². The molecule has 1 aromatic rings. The Morgan fingerprint density at radius 1 is 1.38 bits per heavy atom. The third kappa shape index (κ3) is 4.55. The Morgan fingerprint density at radius 3 is 2.15 bits per heavy atom. The molecule has 6 heteroatoms. The Balaban J connectivity index is 0.000000424. The highest BCUT2D eigenvalue weighted by molar-refractivity contribution is 6.40. The fourth-order valence-corrected chi connectivity index (χ4v) is 0.654. The maximum Gasteiger partial charge on any atom is 0.292 e. The fourth-order valence-electron chi connectivity index (χ4n) is 0.654. The number of nitrogens with two attached hydrogens (primary N) is 1. The topological polar surface area (TPSA) is 69.2 Å². The number of halogens is 2. The smallest absolute Gasteiger partial charge is 0.292 e. The first-order valence-electron chi connectivity index (χ1n) is 3.24. The van der Waals surface area contributed by atoms with Crippen molar-refractivity contribution in [1.29, 1.82) is 0 Å². The van der Waals surface area contributed by atoms with E-state index in [0.717, 1.165) is 0 Å². The molecule has 0 aliphatic rings. The molecule has 0 aliphatic heterocycles. The normalized spacial score (nSPS) is 8.46. The minimum atomic E-state index is -0.505. The summed E-state index contributed by atoms with van der Waals surface area (Å²) in [4.78, 5) is 9.64. The lowest BCUT2D eigenvalue weighted by molar-refractivity contribution is -0.383. The quantitative estimate of drug-likeness (QED) is 0.344. The molecule has 0 fully saturated rings. The molecule has 0 unspecified atom stereocenters. The van der Waals surface area contributed by atoms with Gasteiger partial charge >= 0.3 is 0 Å². The first-order chi connectivity index (χ1) is 6.13. The Morgan fingerprint density at radius 2 is 1.85 bits per heavy atom. The summed E-state index contributed by atoms with van der Waals surface area (Å²) in [6.07, 6.45) is 0. The summed E-state index contributed by atoms with van der Waals surface area (Å²) in [5, 5.41) is 10.3. The molecule has 0 heterocycles. The van der Waals surface area contributed by atoms with Gasteiger partial charge in [0.1, 0.15) is 5.69 Å². The molecule has 1 aromatic carbocycles. The van der Waals surface area contributed by atoms with Crippen molar-refractivity contribution in [3.8, 4) is 0 Å². The summed E-state index contributed by atoms with van der Waals surface area (Å²) < 4.78 is 0. The van der Waals surface area contributed by atoms with Gasteiger partial charge in [-0.1, -0.05) is 12.1 Å². The van der Waals surface area contributed by atoms with Crippen LogP contribution >= 0.6 is 23.2 Å². The number of alkyl halides is 2. The van der Waals surface area contributed by atoms with Crippen molar-refractivity contribution in [2.24, 2.45) is 0 Å². The van der Waals surface area contributed by atoms with E-state index >= 15 is 0 Å². The number of nitro benzene ring substituents is 1. The van der Waals surface area contributed by atoms with Crippen LogP contribution < -0.4 is 5.73 Å². The average molecular weight is 223 g/mol. The lowest BCUT2D eigenvalue weighted by Crippen LogP contribution is -1.93. The predicted molar refractivity (Wildman–Crippen MR) is 54.1 cm³/mol. The standard InChI is InChI=1S/C6H6N2O2.CH2Cl2/c7-5-3-1-2-4-6(5)8(9)10;2-1-3/h1-4H,7H2;1H2. The molecule has 72 valence electrons. The van der Waals surface area contributed by atoms with E-state index in [0.29, 0.717) is 0 Å². The Hall–Kier alpha value is -1.00. The van der Waals surface area contributed by atoms with Crippen LogP contribution in [0.15, 0.2) is 24.3 Å². The van der Waals surface area contributed by atoms with Crippen LogP contribution in [0.3, 0.4) is 0 Å².